The maximum absolute atomic E-state index is 12.2. The number of hydrogen-bond donors (Lipinski definition) is 1. The maximum atomic E-state index is 12.2. The highest BCUT2D eigenvalue weighted by atomic mass is 16.2. The van der Waals surface area contributed by atoms with Gasteiger partial charge >= 0.3 is 0 Å². The van der Waals surface area contributed by atoms with Crippen molar-refractivity contribution in [3.8, 4) is 0 Å². The van der Waals surface area contributed by atoms with Gasteiger partial charge in [-0.2, -0.15) is 0 Å². The molecule has 0 aromatic heterocycles. The normalized spacial score (nSPS) is 29.7. The number of likely N-dealkylation sites (tertiary alicyclic amines) is 1. The Hall–Kier alpha value is -0.570. The Bertz CT molecular complexity index is 248. The highest BCUT2D eigenvalue weighted by Crippen LogP contribution is 2.46. The lowest BCUT2D eigenvalue weighted by molar-refractivity contribution is -0.136. The molecule has 2 N–H and O–H groups in total. The smallest absolute Gasteiger partial charge is 0.228 e. The van der Waals surface area contributed by atoms with Crippen molar-refractivity contribution in [2.45, 2.75) is 39.0 Å². The fourth-order valence-electron chi connectivity index (χ4n) is 2.39. The van der Waals surface area contributed by atoms with Crippen LogP contribution in [0, 0.1) is 11.3 Å². The first kappa shape index (κ1) is 10.9. The van der Waals surface area contributed by atoms with Gasteiger partial charge in [-0.15, -0.1) is 0 Å². The third kappa shape index (κ3) is 2.33. The van der Waals surface area contributed by atoms with Crippen LogP contribution in [0.4, 0.5) is 0 Å². The average molecular weight is 210 g/mol. The Balaban J connectivity index is 1.97. The first-order chi connectivity index (χ1) is 7.15. The Morgan fingerprint density at radius 2 is 2.20 bits per heavy atom. The molecule has 15 heavy (non-hydrogen) atoms. The molecule has 1 unspecified atom stereocenters. The molecule has 0 aromatic carbocycles. The van der Waals surface area contributed by atoms with E-state index in [9.17, 15) is 4.79 Å². The van der Waals surface area contributed by atoms with Crippen LogP contribution in [0.15, 0.2) is 0 Å². The quantitative estimate of drug-likeness (QED) is 0.748. The van der Waals surface area contributed by atoms with E-state index in [4.69, 9.17) is 5.73 Å². The summed E-state index contributed by atoms with van der Waals surface area (Å²) in [7, 11) is 0. The molecule has 2 fully saturated rings. The van der Waals surface area contributed by atoms with E-state index in [1.165, 1.54) is 12.8 Å². The standard InChI is InChI=1S/C12H22N2O/c1-12(5-6-12)11(15)14-7-3-2-4-10(8-13)9-14/h10H,2-9,13H2,1H3. The predicted octanol–water partition coefficient (Wildman–Crippen LogP) is 1.37. The molecule has 86 valence electrons. The number of amides is 1. The largest absolute Gasteiger partial charge is 0.342 e. The molecule has 1 atom stereocenters. The molecule has 1 amide bonds. The molecule has 2 rings (SSSR count). The Morgan fingerprint density at radius 3 is 2.80 bits per heavy atom. The molecule has 3 heteroatoms. The van der Waals surface area contributed by atoms with Gasteiger partial charge in [-0.3, -0.25) is 4.79 Å². The lowest BCUT2D eigenvalue weighted by atomic mass is 10.0. The van der Waals surface area contributed by atoms with Crippen LogP contribution in [0.5, 0.6) is 0 Å². The molecule has 0 bridgehead atoms. The zero-order valence-electron chi connectivity index (χ0n) is 9.67. The van der Waals surface area contributed by atoms with Gasteiger partial charge in [0.15, 0.2) is 0 Å². The second-order valence-electron chi connectivity index (χ2n) is 5.41. The van der Waals surface area contributed by atoms with Crippen molar-refractivity contribution in [2.24, 2.45) is 17.1 Å². The third-order valence-corrected chi connectivity index (χ3v) is 3.91. The topological polar surface area (TPSA) is 46.3 Å². The van der Waals surface area contributed by atoms with Crippen LogP contribution in [0.2, 0.25) is 0 Å². The summed E-state index contributed by atoms with van der Waals surface area (Å²) >= 11 is 0. The molecule has 1 aliphatic carbocycles. The molecule has 1 aliphatic heterocycles. The van der Waals surface area contributed by atoms with Crippen molar-refractivity contribution in [3.63, 3.8) is 0 Å². The monoisotopic (exact) mass is 210 g/mol. The minimum atomic E-state index is -0.0104. The van der Waals surface area contributed by atoms with Gasteiger partial charge < -0.3 is 10.6 Å². The third-order valence-electron chi connectivity index (χ3n) is 3.91. The SMILES string of the molecule is CC1(C(=O)N2CCCCC(CN)C2)CC1. The van der Waals surface area contributed by atoms with Crippen LogP contribution < -0.4 is 5.73 Å². The van der Waals surface area contributed by atoms with Gasteiger partial charge in [0.1, 0.15) is 0 Å². The minimum absolute atomic E-state index is 0.0104. The number of nitrogens with two attached hydrogens (primary N) is 1. The summed E-state index contributed by atoms with van der Waals surface area (Å²) in [6, 6.07) is 0. The van der Waals surface area contributed by atoms with Crippen molar-refractivity contribution < 1.29 is 4.79 Å². The highest BCUT2D eigenvalue weighted by molar-refractivity contribution is 5.84. The Labute approximate surface area is 92.0 Å². The van der Waals surface area contributed by atoms with E-state index in [2.05, 4.69) is 11.8 Å². The minimum Gasteiger partial charge on any atom is -0.342 e. The molecule has 1 heterocycles. The van der Waals surface area contributed by atoms with Crippen molar-refractivity contribution in [1.29, 1.82) is 0 Å². The van der Waals surface area contributed by atoms with Crippen molar-refractivity contribution in [3.05, 3.63) is 0 Å². The lowest BCUT2D eigenvalue weighted by Gasteiger charge is -2.26. The number of hydrogen-bond acceptors (Lipinski definition) is 2. The van der Waals surface area contributed by atoms with Gasteiger partial charge in [0.05, 0.1) is 0 Å². The van der Waals surface area contributed by atoms with E-state index in [1.807, 2.05) is 0 Å². The number of carbonyl (C=O) groups excluding carboxylic acids is 1. The molecule has 0 spiro atoms. The van der Waals surface area contributed by atoms with Crippen LogP contribution in [0.25, 0.3) is 0 Å². The van der Waals surface area contributed by atoms with E-state index >= 15 is 0 Å². The zero-order chi connectivity index (χ0) is 10.9. The molecule has 0 aromatic rings. The second-order valence-corrected chi connectivity index (χ2v) is 5.41. The maximum Gasteiger partial charge on any atom is 0.228 e. The van der Waals surface area contributed by atoms with E-state index in [1.54, 1.807) is 0 Å². The van der Waals surface area contributed by atoms with Gasteiger partial charge in [0, 0.05) is 18.5 Å². The zero-order valence-corrected chi connectivity index (χ0v) is 9.67. The van der Waals surface area contributed by atoms with Crippen LogP contribution >= 0.6 is 0 Å². The van der Waals surface area contributed by atoms with E-state index in [-0.39, 0.29) is 5.41 Å². The predicted molar refractivity (Wildman–Crippen MR) is 60.3 cm³/mol. The molecule has 0 radical (unpaired) electrons. The molecular weight excluding hydrogens is 188 g/mol. The van der Waals surface area contributed by atoms with Crippen LogP contribution in [-0.2, 0) is 4.79 Å². The fourth-order valence-corrected chi connectivity index (χ4v) is 2.39. The highest BCUT2D eigenvalue weighted by Gasteiger charge is 2.47. The summed E-state index contributed by atoms with van der Waals surface area (Å²) in [4.78, 5) is 14.2. The summed E-state index contributed by atoms with van der Waals surface area (Å²) < 4.78 is 0. The van der Waals surface area contributed by atoms with E-state index in [0.717, 1.165) is 38.9 Å². The van der Waals surface area contributed by atoms with Gasteiger partial charge in [0.2, 0.25) is 5.91 Å². The van der Waals surface area contributed by atoms with Gasteiger partial charge in [-0.1, -0.05) is 13.3 Å². The molecular formula is C12H22N2O. The first-order valence-electron chi connectivity index (χ1n) is 6.15. The molecule has 1 saturated heterocycles. The van der Waals surface area contributed by atoms with Crippen molar-refractivity contribution in [2.75, 3.05) is 19.6 Å². The number of rotatable bonds is 2. The van der Waals surface area contributed by atoms with Crippen LogP contribution in [-0.4, -0.2) is 30.4 Å². The summed E-state index contributed by atoms with van der Waals surface area (Å²) in [5.41, 5.74) is 5.71. The van der Waals surface area contributed by atoms with Crippen molar-refractivity contribution in [1.82, 2.24) is 4.90 Å². The van der Waals surface area contributed by atoms with Gasteiger partial charge in [0.25, 0.3) is 0 Å². The Morgan fingerprint density at radius 1 is 1.47 bits per heavy atom. The number of carbonyl (C=O) groups is 1. The second kappa shape index (κ2) is 4.12. The van der Waals surface area contributed by atoms with E-state index < -0.39 is 0 Å². The Kier molecular flexibility index (Phi) is 3.01. The van der Waals surface area contributed by atoms with Gasteiger partial charge in [-0.05, 0) is 38.1 Å². The van der Waals surface area contributed by atoms with E-state index in [0.29, 0.717) is 11.8 Å². The number of nitrogens with zero attached hydrogens (tertiary/aromatic N) is 1. The average Bonchev–Trinajstić information content (AvgIpc) is 3.01. The molecule has 2 aliphatic rings. The van der Waals surface area contributed by atoms with Crippen LogP contribution in [0.1, 0.15) is 39.0 Å². The lowest BCUT2D eigenvalue weighted by Crippen LogP contribution is -2.40. The summed E-state index contributed by atoms with van der Waals surface area (Å²) in [6.45, 7) is 4.66. The first-order valence-corrected chi connectivity index (χ1v) is 6.15. The van der Waals surface area contributed by atoms with Crippen molar-refractivity contribution >= 4 is 5.91 Å². The summed E-state index contributed by atoms with van der Waals surface area (Å²) in [5, 5.41) is 0. The van der Waals surface area contributed by atoms with Gasteiger partial charge in [-0.25, -0.2) is 0 Å². The fraction of sp³-hybridized carbons (Fsp3) is 0.917. The summed E-state index contributed by atoms with van der Waals surface area (Å²) in [6.07, 6.45) is 5.73. The molecule has 1 saturated carbocycles. The van der Waals surface area contributed by atoms with Crippen LogP contribution in [0.3, 0.4) is 0 Å². The summed E-state index contributed by atoms with van der Waals surface area (Å²) in [5.74, 6) is 0.904. The molecule has 3 nitrogen and oxygen atoms in total.